The van der Waals surface area contributed by atoms with Gasteiger partial charge in [-0.25, -0.2) is 17.5 Å². The highest BCUT2D eigenvalue weighted by Gasteiger charge is 2.22. The Morgan fingerprint density at radius 1 is 1.08 bits per heavy atom. The molecule has 0 aliphatic heterocycles. The van der Waals surface area contributed by atoms with E-state index in [0.29, 0.717) is 0 Å². The maximum absolute atomic E-state index is 12.9. The average Bonchev–Trinajstić information content (AvgIpc) is 2.52. The molecule has 0 saturated carbocycles. The molecule has 0 heterocycles. The molecule has 0 unspecified atom stereocenters. The van der Waals surface area contributed by atoms with E-state index >= 15 is 0 Å². The zero-order chi connectivity index (χ0) is 18.7. The molecule has 0 fully saturated rings. The summed E-state index contributed by atoms with van der Waals surface area (Å²) < 4.78 is 40.1. The van der Waals surface area contributed by atoms with Crippen molar-refractivity contribution in [3.8, 4) is 0 Å². The van der Waals surface area contributed by atoms with Gasteiger partial charge in [0.2, 0.25) is 10.0 Å². The van der Waals surface area contributed by atoms with Gasteiger partial charge in [-0.2, -0.15) is 0 Å². The van der Waals surface area contributed by atoms with E-state index < -0.39 is 21.5 Å². The van der Waals surface area contributed by atoms with Crippen LogP contribution in [0.3, 0.4) is 0 Å². The van der Waals surface area contributed by atoms with Crippen LogP contribution >= 0.6 is 0 Å². The molecular weight excluding hydrogens is 343 g/mol. The number of rotatable bonds is 5. The van der Waals surface area contributed by atoms with E-state index in [2.05, 4.69) is 10.0 Å². The largest absolute Gasteiger partial charge is 0.348 e. The monoisotopic (exact) mass is 364 g/mol. The maximum atomic E-state index is 12.9. The first-order valence-corrected chi connectivity index (χ1v) is 9.22. The number of hydrogen-bond donors (Lipinski definition) is 2. The van der Waals surface area contributed by atoms with E-state index in [1.54, 1.807) is 32.9 Å². The van der Waals surface area contributed by atoms with Crippen LogP contribution in [0.5, 0.6) is 0 Å². The van der Waals surface area contributed by atoms with Crippen molar-refractivity contribution in [3.05, 3.63) is 65.5 Å². The smallest absolute Gasteiger partial charge is 0.251 e. The van der Waals surface area contributed by atoms with Crippen LogP contribution in [-0.2, 0) is 16.6 Å². The van der Waals surface area contributed by atoms with Gasteiger partial charge < -0.3 is 5.32 Å². The number of hydrogen-bond acceptors (Lipinski definition) is 3. The van der Waals surface area contributed by atoms with Crippen LogP contribution < -0.4 is 10.0 Å². The first-order chi connectivity index (χ1) is 11.6. The Hall–Kier alpha value is -2.25. The van der Waals surface area contributed by atoms with Crippen molar-refractivity contribution < 1.29 is 17.6 Å². The molecule has 0 atom stereocenters. The second-order valence-electron chi connectivity index (χ2n) is 6.69. The molecule has 2 rings (SSSR count). The van der Waals surface area contributed by atoms with Crippen molar-refractivity contribution in [2.75, 3.05) is 0 Å². The van der Waals surface area contributed by atoms with E-state index in [1.807, 2.05) is 0 Å². The number of amides is 1. The predicted molar refractivity (Wildman–Crippen MR) is 94.1 cm³/mol. The lowest BCUT2D eigenvalue weighted by atomic mass is 10.1. The maximum Gasteiger partial charge on any atom is 0.251 e. The van der Waals surface area contributed by atoms with Crippen LogP contribution in [0.1, 0.15) is 36.7 Å². The molecule has 2 N–H and O–H groups in total. The summed E-state index contributed by atoms with van der Waals surface area (Å²) in [4.78, 5) is 12.3. The molecule has 0 saturated heterocycles. The highest BCUT2D eigenvalue weighted by atomic mass is 32.2. The first-order valence-electron chi connectivity index (χ1n) is 7.73. The fourth-order valence-electron chi connectivity index (χ4n) is 2.15. The van der Waals surface area contributed by atoms with Crippen LogP contribution in [0.2, 0.25) is 0 Å². The van der Waals surface area contributed by atoms with Gasteiger partial charge in [0.15, 0.2) is 0 Å². The van der Waals surface area contributed by atoms with Crippen molar-refractivity contribution in [3.63, 3.8) is 0 Å². The number of carbonyl (C=O) groups excluding carboxylic acids is 1. The molecule has 5 nitrogen and oxygen atoms in total. The molecule has 0 bridgehead atoms. The Labute approximate surface area is 147 Å². The molecule has 7 heteroatoms. The number of nitrogens with one attached hydrogen (secondary N) is 2. The Morgan fingerprint density at radius 2 is 1.72 bits per heavy atom. The highest BCUT2D eigenvalue weighted by molar-refractivity contribution is 7.89. The van der Waals surface area contributed by atoms with Crippen LogP contribution in [0.4, 0.5) is 4.39 Å². The Bertz CT molecular complexity index is 857. The summed E-state index contributed by atoms with van der Waals surface area (Å²) in [6, 6.07) is 11.6. The van der Waals surface area contributed by atoms with E-state index in [4.69, 9.17) is 0 Å². The summed E-state index contributed by atoms with van der Waals surface area (Å²) in [5, 5.41) is 2.69. The minimum Gasteiger partial charge on any atom is -0.348 e. The number of benzene rings is 2. The summed E-state index contributed by atoms with van der Waals surface area (Å²) in [6.45, 7) is 5.44. The SMILES string of the molecule is CC(C)(C)NS(=O)(=O)c1cccc(C(=O)NCc2ccc(F)cc2)c1. The third kappa shape index (κ3) is 5.65. The fraction of sp³-hybridized carbons (Fsp3) is 0.278. The lowest BCUT2D eigenvalue weighted by Crippen LogP contribution is -2.40. The van der Waals surface area contributed by atoms with Gasteiger partial charge in [0.25, 0.3) is 5.91 Å². The van der Waals surface area contributed by atoms with E-state index in [9.17, 15) is 17.6 Å². The number of sulfonamides is 1. The molecule has 0 radical (unpaired) electrons. The zero-order valence-electron chi connectivity index (χ0n) is 14.3. The van der Waals surface area contributed by atoms with Crippen LogP contribution in [0.15, 0.2) is 53.4 Å². The van der Waals surface area contributed by atoms with Crippen LogP contribution in [-0.4, -0.2) is 19.9 Å². The molecule has 2 aromatic rings. The Kier molecular flexibility index (Phi) is 5.59. The van der Waals surface area contributed by atoms with Gasteiger partial charge in [-0.3, -0.25) is 4.79 Å². The fourth-order valence-corrected chi connectivity index (χ4v) is 3.62. The molecule has 25 heavy (non-hydrogen) atoms. The van der Waals surface area contributed by atoms with Gasteiger partial charge in [-0.1, -0.05) is 18.2 Å². The second kappa shape index (κ2) is 7.33. The predicted octanol–water partition coefficient (Wildman–Crippen LogP) is 2.83. The molecule has 2 aromatic carbocycles. The molecule has 0 aromatic heterocycles. The van der Waals surface area contributed by atoms with Crippen molar-refractivity contribution in [2.45, 2.75) is 37.8 Å². The van der Waals surface area contributed by atoms with Crippen molar-refractivity contribution >= 4 is 15.9 Å². The van der Waals surface area contributed by atoms with E-state index in [1.165, 1.54) is 36.4 Å². The summed E-state index contributed by atoms with van der Waals surface area (Å²) in [7, 11) is -3.72. The van der Waals surface area contributed by atoms with Gasteiger partial charge in [0.1, 0.15) is 5.82 Å². The number of carbonyl (C=O) groups is 1. The van der Waals surface area contributed by atoms with Gasteiger partial charge in [0.05, 0.1) is 4.90 Å². The third-order valence-electron chi connectivity index (χ3n) is 3.21. The topological polar surface area (TPSA) is 75.3 Å². The van der Waals surface area contributed by atoms with E-state index in [0.717, 1.165) is 5.56 Å². The normalized spacial score (nSPS) is 12.0. The van der Waals surface area contributed by atoms with Gasteiger partial charge in [0, 0.05) is 17.6 Å². The van der Waals surface area contributed by atoms with Crippen molar-refractivity contribution in [1.82, 2.24) is 10.0 Å². The number of halogens is 1. The van der Waals surface area contributed by atoms with Gasteiger partial charge in [-0.15, -0.1) is 0 Å². The Balaban J connectivity index is 2.12. The summed E-state index contributed by atoms with van der Waals surface area (Å²) >= 11 is 0. The summed E-state index contributed by atoms with van der Waals surface area (Å²) in [6.07, 6.45) is 0. The molecule has 0 aliphatic carbocycles. The lowest BCUT2D eigenvalue weighted by molar-refractivity contribution is 0.0950. The standard InChI is InChI=1S/C18H21FN2O3S/c1-18(2,3)21-25(23,24)16-6-4-5-14(11-16)17(22)20-12-13-7-9-15(19)10-8-13/h4-11,21H,12H2,1-3H3,(H,20,22). The second-order valence-corrected chi connectivity index (χ2v) is 8.37. The minimum absolute atomic E-state index is 0.0249. The van der Waals surface area contributed by atoms with Gasteiger partial charge in [-0.05, 0) is 56.7 Å². The highest BCUT2D eigenvalue weighted by Crippen LogP contribution is 2.15. The minimum atomic E-state index is -3.72. The molecule has 134 valence electrons. The quantitative estimate of drug-likeness (QED) is 0.857. The van der Waals surface area contributed by atoms with Crippen LogP contribution in [0, 0.1) is 5.82 Å². The molecule has 0 spiro atoms. The molecule has 0 aliphatic rings. The van der Waals surface area contributed by atoms with E-state index in [-0.39, 0.29) is 22.8 Å². The molecule has 1 amide bonds. The molecular formula is C18H21FN2O3S. The zero-order valence-corrected chi connectivity index (χ0v) is 15.2. The third-order valence-corrected chi connectivity index (χ3v) is 4.97. The average molecular weight is 364 g/mol. The summed E-state index contributed by atoms with van der Waals surface area (Å²) in [5.41, 5.74) is 0.353. The first kappa shape index (κ1) is 19.1. The van der Waals surface area contributed by atoms with Crippen molar-refractivity contribution in [2.24, 2.45) is 0 Å². The van der Waals surface area contributed by atoms with Crippen molar-refractivity contribution in [1.29, 1.82) is 0 Å². The lowest BCUT2D eigenvalue weighted by Gasteiger charge is -2.20. The Morgan fingerprint density at radius 3 is 2.32 bits per heavy atom. The van der Waals surface area contributed by atoms with Gasteiger partial charge >= 0.3 is 0 Å². The van der Waals surface area contributed by atoms with Crippen LogP contribution in [0.25, 0.3) is 0 Å². The summed E-state index contributed by atoms with van der Waals surface area (Å²) in [5.74, 6) is -0.753.